The van der Waals surface area contributed by atoms with Crippen LogP contribution in [0.1, 0.15) is 63.4 Å². The Kier molecular flexibility index (Phi) is 6.72. The molecule has 1 aliphatic heterocycles. The Labute approximate surface area is 230 Å². The van der Waals surface area contributed by atoms with E-state index in [1.807, 2.05) is 46.6 Å². The Morgan fingerprint density at radius 1 is 1.05 bits per heavy atom. The van der Waals surface area contributed by atoms with E-state index in [-0.39, 0.29) is 18.7 Å². The van der Waals surface area contributed by atoms with E-state index in [0.29, 0.717) is 22.8 Å². The van der Waals surface area contributed by atoms with Crippen molar-refractivity contribution in [3.05, 3.63) is 105 Å². The summed E-state index contributed by atoms with van der Waals surface area (Å²) in [5, 5.41) is 4.88. The molecule has 1 N–H and O–H groups in total. The number of carbonyl (C=O) groups excluding carboxylic acids is 2. The normalized spacial score (nSPS) is 16.2. The van der Waals surface area contributed by atoms with Gasteiger partial charge in [-0.05, 0) is 86.2 Å². The number of benzene rings is 2. The van der Waals surface area contributed by atoms with E-state index < -0.39 is 5.97 Å². The van der Waals surface area contributed by atoms with Crippen molar-refractivity contribution in [3.63, 3.8) is 0 Å². The van der Waals surface area contributed by atoms with Gasteiger partial charge in [-0.15, -0.1) is 11.3 Å². The topological polar surface area (TPSA) is 63.6 Å². The van der Waals surface area contributed by atoms with Gasteiger partial charge in [-0.3, -0.25) is 0 Å². The molecule has 2 aliphatic rings. The molecule has 1 aliphatic carbocycles. The fourth-order valence-electron chi connectivity index (χ4n) is 5.55. The number of hydrogen-bond donors (Lipinski definition) is 1. The third-order valence-electron chi connectivity index (χ3n) is 7.23. The third-order valence-corrected chi connectivity index (χ3v) is 8.80. The number of aromatic nitrogens is 1. The second-order valence-corrected chi connectivity index (χ2v) is 11.1. The summed E-state index contributed by atoms with van der Waals surface area (Å²) in [5.41, 5.74) is 5.51. The third kappa shape index (κ3) is 4.50. The van der Waals surface area contributed by atoms with Crippen LogP contribution in [-0.2, 0) is 24.1 Å². The van der Waals surface area contributed by atoms with Crippen molar-refractivity contribution in [1.29, 1.82) is 0 Å². The second-order valence-electron chi connectivity index (χ2n) is 9.61. The zero-order chi connectivity index (χ0) is 26.2. The Balaban J connectivity index is 1.44. The number of thiophene rings is 1. The van der Waals surface area contributed by atoms with Crippen LogP contribution in [0.5, 0.6) is 0 Å². The maximum absolute atomic E-state index is 14.1. The highest BCUT2D eigenvalue weighted by molar-refractivity contribution is 7.15. The summed E-state index contributed by atoms with van der Waals surface area (Å²) in [6.07, 6.45) is 6.60. The molecule has 1 atom stereocenters. The molecule has 2 aromatic carbocycles. The molecule has 0 saturated carbocycles. The van der Waals surface area contributed by atoms with Crippen molar-refractivity contribution < 1.29 is 14.3 Å². The molecule has 38 heavy (non-hydrogen) atoms. The van der Waals surface area contributed by atoms with Crippen LogP contribution in [0.3, 0.4) is 0 Å². The summed E-state index contributed by atoms with van der Waals surface area (Å²) in [6, 6.07) is 18.1. The molecular formula is C30H28ClN3O3S. The zero-order valence-corrected chi connectivity index (χ0v) is 22.6. The van der Waals surface area contributed by atoms with Crippen LogP contribution in [-0.4, -0.2) is 28.1 Å². The van der Waals surface area contributed by atoms with Gasteiger partial charge in [-0.1, -0.05) is 29.8 Å². The molecule has 0 spiro atoms. The molecule has 8 heteroatoms. The van der Waals surface area contributed by atoms with Crippen LogP contribution < -0.4 is 5.32 Å². The first kappa shape index (κ1) is 24.8. The maximum Gasteiger partial charge on any atom is 0.338 e. The largest absolute Gasteiger partial charge is 0.462 e. The highest BCUT2D eigenvalue weighted by atomic mass is 35.5. The molecule has 0 saturated heterocycles. The Hall–Kier alpha value is -3.55. The Bertz CT molecular complexity index is 1520. The zero-order valence-electron chi connectivity index (χ0n) is 21.1. The van der Waals surface area contributed by atoms with Crippen LogP contribution in [0.4, 0.5) is 10.5 Å². The number of aryl methyl sites for hydroxylation is 1. The van der Waals surface area contributed by atoms with Crippen molar-refractivity contribution in [2.45, 2.75) is 45.2 Å². The lowest BCUT2D eigenvalue weighted by molar-refractivity contribution is 0.0526. The number of halogens is 1. The predicted octanol–water partition coefficient (Wildman–Crippen LogP) is 7.38. The first-order chi connectivity index (χ1) is 18.5. The SMILES string of the molecule is CCOC(=O)c1cccc(NC(=O)N2Cc3c(sc4c3CCCC4)-n3cccc3[C@H]2c2cccc(Cl)c2)c1. The van der Waals surface area contributed by atoms with Crippen molar-refractivity contribution in [3.8, 4) is 5.00 Å². The molecular weight excluding hydrogens is 518 g/mol. The van der Waals surface area contributed by atoms with Gasteiger partial charge in [-0.2, -0.15) is 0 Å². The minimum Gasteiger partial charge on any atom is -0.462 e. The molecule has 0 unspecified atom stereocenters. The number of rotatable bonds is 4. The number of amides is 2. The number of hydrogen-bond acceptors (Lipinski definition) is 4. The van der Waals surface area contributed by atoms with Gasteiger partial charge in [0.2, 0.25) is 0 Å². The lowest BCUT2D eigenvalue weighted by Crippen LogP contribution is -2.38. The van der Waals surface area contributed by atoms with Crippen LogP contribution in [0.25, 0.3) is 5.00 Å². The molecule has 3 heterocycles. The van der Waals surface area contributed by atoms with Crippen molar-refractivity contribution in [1.82, 2.24) is 9.47 Å². The van der Waals surface area contributed by atoms with Gasteiger partial charge in [-0.25, -0.2) is 9.59 Å². The molecule has 2 aromatic heterocycles. The summed E-state index contributed by atoms with van der Waals surface area (Å²) in [4.78, 5) is 29.7. The van der Waals surface area contributed by atoms with Gasteiger partial charge in [0.1, 0.15) is 5.00 Å². The van der Waals surface area contributed by atoms with Crippen LogP contribution in [0.15, 0.2) is 66.9 Å². The van der Waals surface area contributed by atoms with E-state index in [1.54, 1.807) is 31.2 Å². The fourth-order valence-corrected chi connectivity index (χ4v) is 7.15. The molecule has 194 valence electrons. The molecule has 6 rings (SSSR count). The van der Waals surface area contributed by atoms with Gasteiger partial charge in [0, 0.05) is 27.3 Å². The van der Waals surface area contributed by atoms with Crippen molar-refractivity contribution >= 4 is 40.6 Å². The summed E-state index contributed by atoms with van der Waals surface area (Å²) < 4.78 is 7.39. The van der Waals surface area contributed by atoms with E-state index >= 15 is 0 Å². The van der Waals surface area contributed by atoms with Crippen LogP contribution in [0.2, 0.25) is 5.02 Å². The highest BCUT2D eigenvalue weighted by Gasteiger charge is 2.36. The minimum atomic E-state index is -0.414. The van der Waals surface area contributed by atoms with Gasteiger partial charge >= 0.3 is 12.0 Å². The number of anilines is 1. The number of nitrogens with zero attached hydrogens (tertiary/aromatic N) is 2. The van der Waals surface area contributed by atoms with Gasteiger partial charge in [0.15, 0.2) is 0 Å². The maximum atomic E-state index is 14.1. The second kappa shape index (κ2) is 10.3. The van der Waals surface area contributed by atoms with Crippen LogP contribution >= 0.6 is 22.9 Å². The summed E-state index contributed by atoms with van der Waals surface area (Å²) in [7, 11) is 0. The molecule has 4 aromatic rings. The van der Waals surface area contributed by atoms with E-state index in [0.717, 1.165) is 24.1 Å². The number of ether oxygens (including phenoxy) is 1. The quantitative estimate of drug-likeness (QED) is 0.272. The first-order valence-corrected chi connectivity index (χ1v) is 14.1. The summed E-state index contributed by atoms with van der Waals surface area (Å²) >= 11 is 8.28. The summed E-state index contributed by atoms with van der Waals surface area (Å²) in [5.74, 6) is -0.414. The van der Waals surface area contributed by atoms with Crippen molar-refractivity contribution in [2.75, 3.05) is 11.9 Å². The number of fused-ring (bicyclic) bond motifs is 5. The standard InChI is InChI=1S/C30H28ClN3O3S/c1-2-37-29(35)20-9-6-11-22(17-20)32-30(36)34-18-24-23-12-3-4-14-26(23)38-28(24)33-15-7-13-25(33)27(34)19-8-5-10-21(31)16-19/h5-11,13,15-17,27H,2-4,12,14,18H2,1H3,(H,32,36)/t27-/m1/s1. The van der Waals surface area contributed by atoms with Gasteiger partial charge in [0.25, 0.3) is 0 Å². The smallest absolute Gasteiger partial charge is 0.338 e. The van der Waals surface area contributed by atoms with E-state index in [4.69, 9.17) is 16.3 Å². The number of urea groups is 1. The highest BCUT2D eigenvalue weighted by Crippen LogP contribution is 2.44. The van der Waals surface area contributed by atoms with Crippen LogP contribution in [0, 0.1) is 0 Å². The first-order valence-electron chi connectivity index (χ1n) is 12.9. The minimum absolute atomic E-state index is 0.243. The molecule has 6 nitrogen and oxygen atoms in total. The number of esters is 1. The van der Waals surface area contributed by atoms with E-state index in [2.05, 4.69) is 22.1 Å². The molecule has 0 fully saturated rings. The number of carbonyl (C=O) groups is 2. The van der Waals surface area contributed by atoms with Crippen molar-refractivity contribution in [2.24, 2.45) is 0 Å². The Morgan fingerprint density at radius 2 is 1.89 bits per heavy atom. The fraction of sp³-hybridized carbons (Fsp3) is 0.267. The average Bonchev–Trinajstić information content (AvgIpc) is 3.51. The van der Waals surface area contributed by atoms with Gasteiger partial charge in [0.05, 0.1) is 30.5 Å². The summed E-state index contributed by atoms with van der Waals surface area (Å²) in [6.45, 7) is 2.53. The lowest BCUT2D eigenvalue weighted by atomic mass is 9.95. The average molecular weight is 546 g/mol. The molecule has 0 radical (unpaired) electrons. The number of nitrogens with one attached hydrogen (secondary N) is 1. The van der Waals surface area contributed by atoms with E-state index in [9.17, 15) is 9.59 Å². The monoisotopic (exact) mass is 545 g/mol. The van der Waals surface area contributed by atoms with Gasteiger partial charge < -0.3 is 19.5 Å². The lowest BCUT2D eigenvalue weighted by Gasteiger charge is -2.31. The van der Waals surface area contributed by atoms with E-state index in [1.165, 1.54) is 33.8 Å². The molecule has 0 bridgehead atoms. The predicted molar refractivity (Wildman–Crippen MR) is 151 cm³/mol. The molecule has 2 amide bonds. The Morgan fingerprint density at radius 3 is 2.74 bits per heavy atom.